The van der Waals surface area contributed by atoms with Gasteiger partial charge in [0.25, 0.3) is 0 Å². The molecular weight excluding hydrogens is 215 g/mol. The quantitative estimate of drug-likeness (QED) is 0.831. The van der Waals surface area contributed by atoms with Gasteiger partial charge in [-0.25, -0.2) is 0 Å². The lowest BCUT2D eigenvalue weighted by Gasteiger charge is -2.17. The molecule has 0 aliphatic rings. The second-order valence-electron chi connectivity index (χ2n) is 3.64. The number of rotatable bonds is 4. The summed E-state index contributed by atoms with van der Waals surface area (Å²) < 4.78 is 37.5. The van der Waals surface area contributed by atoms with Crippen LogP contribution in [0.25, 0.3) is 0 Å². The van der Waals surface area contributed by atoms with Crippen LogP contribution >= 0.6 is 0 Å². The van der Waals surface area contributed by atoms with E-state index in [-0.39, 0.29) is 6.04 Å². The largest absolute Gasteiger partial charge is 0.416 e. The molecule has 0 radical (unpaired) electrons. The molecule has 1 unspecified atom stereocenters. The van der Waals surface area contributed by atoms with Gasteiger partial charge in [0.1, 0.15) is 0 Å². The van der Waals surface area contributed by atoms with E-state index in [1.807, 2.05) is 13.8 Å². The molecule has 1 aromatic carbocycles. The lowest BCUT2D eigenvalue weighted by atomic mass is 10.0. The van der Waals surface area contributed by atoms with Crippen LogP contribution < -0.4 is 5.32 Å². The Bertz CT molecular complexity index is 333. The van der Waals surface area contributed by atoms with Crippen LogP contribution in [0.15, 0.2) is 24.3 Å². The van der Waals surface area contributed by atoms with E-state index in [0.29, 0.717) is 5.56 Å². The lowest BCUT2D eigenvalue weighted by Crippen LogP contribution is -2.20. The average molecular weight is 231 g/mol. The van der Waals surface area contributed by atoms with E-state index in [0.717, 1.165) is 19.0 Å². The van der Waals surface area contributed by atoms with E-state index < -0.39 is 11.7 Å². The molecule has 1 atom stereocenters. The molecule has 0 amide bonds. The summed E-state index contributed by atoms with van der Waals surface area (Å²) >= 11 is 0. The zero-order chi connectivity index (χ0) is 12.2. The molecule has 0 heterocycles. The molecule has 90 valence electrons. The van der Waals surface area contributed by atoms with Crippen LogP contribution in [-0.2, 0) is 6.18 Å². The molecule has 0 aliphatic heterocycles. The van der Waals surface area contributed by atoms with Crippen molar-refractivity contribution in [1.82, 2.24) is 5.32 Å². The highest BCUT2D eigenvalue weighted by Crippen LogP contribution is 2.31. The zero-order valence-corrected chi connectivity index (χ0v) is 9.43. The van der Waals surface area contributed by atoms with Gasteiger partial charge >= 0.3 is 6.18 Å². The van der Waals surface area contributed by atoms with E-state index >= 15 is 0 Å². The Morgan fingerprint density at radius 3 is 2.44 bits per heavy atom. The van der Waals surface area contributed by atoms with Gasteiger partial charge < -0.3 is 5.32 Å². The fraction of sp³-hybridized carbons (Fsp3) is 0.500. The smallest absolute Gasteiger partial charge is 0.310 e. The van der Waals surface area contributed by atoms with Crippen molar-refractivity contribution in [3.8, 4) is 0 Å². The molecule has 1 rings (SSSR count). The fourth-order valence-electron chi connectivity index (χ4n) is 1.68. The Kier molecular flexibility index (Phi) is 4.35. The first-order valence-corrected chi connectivity index (χ1v) is 5.39. The molecule has 0 saturated heterocycles. The van der Waals surface area contributed by atoms with Crippen LogP contribution in [0.3, 0.4) is 0 Å². The third-order valence-corrected chi connectivity index (χ3v) is 2.48. The van der Waals surface area contributed by atoms with Crippen molar-refractivity contribution in [2.75, 3.05) is 6.54 Å². The van der Waals surface area contributed by atoms with Gasteiger partial charge in [0, 0.05) is 6.04 Å². The molecule has 0 aliphatic carbocycles. The minimum Gasteiger partial charge on any atom is -0.310 e. The van der Waals surface area contributed by atoms with Crippen LogP contribution in [0.1, 0.15) is 37.4 Å². The zero-order valence-electron chi connectivity index (χ0n) is 9.43. The maximum atomic E-state index is 12.5. The molecule has 1 aromatic rings. The Morgan fingerprint density at radius 2 is 1.94 bits per heavy atom. The summed E-state index contributed by atoms with van der Waals surface area (Å²) in [5, 5.41) is 3.16. The first kappa shape index (κ1) is 13.0. The lowest BCUT2D eigenvalue weighted by molar-refractivity contribution is -0.137. The molecule has 0 fully saturated rings. The SMILES string of the molecule is CCNC(CC)c1cccc(C(F)(F)F)c1. The van der Waals surface area contributed by atoms with Crippen molar-refractivity contribution < 1.29 is 13.2 Å². The second-order valence-corrected chi connectivity index (χ2v) is 3.64. The monoisotopic (exact) mass is 231 g/mol. The summed E-state index contributed by atoms with van der Waals surface area (Å²) in [7, 11) is 0. The van der Waals surface area contributed by atoms with Gasteiger partial charge in [0.05, 0.1) is 5.56 Å². The van der Waals surface area contributed by atoms with E-state index in [9.17, 15) is 13.2 Å². The number of benzene rings is 1. The molecule has 1 N–H and O–H groups in total. The summed E-state index contributed by atoms with van der Waals surface area (Å²) in [6, 6.07) is 5.50. The Hall–Kier alpha value is -1.03. The van der Waals surface area contributed by atoms with Crippen molar-refractivity contribution in [1.29, 1.82) is 0 Å². The topological polar surface area (TPSA) is 12.0 Å². The van der Waals surface area contributed by atoms with E-state index in [4.69, 9.17) is 0 Å². The van der Waals surface area contributed by atoms with Crippen LogP contribution in [0.2, 0.25) is 0 Å². The third kappa shape index (κ3) is 3.23. The van der Waals surface area contributed by atoms with E-state index in [2.05, 4.69) is 5.32 Å². The van der Waals surface area contributed by atoms with Gasteiger partial charge in [-0.3, -0.25) is 0 Å². The number of halogens is 3. The number of alkyl halides is 3. The van der Waals surface area contributed by atoms with Gasteiger partial charge in [-0.1, -0.05) is 26.0 Å². The minimum atomic E-state index is -4.26. The summed E-state index contributed by atoms with van der Waals surface area (Å²) in [6.07, 6.45) is -3.49. The Balaban J connectivity index is 2.97. The summed E-state index contributed by atoms with van der Waals surface area (Å²) in [6.45, 7) is 4.64. The van der Waals surface area contributed by atoms with Gasteiger partial charge in [-0.2, -0.15) is 13.2 Å². The molecule has 0 aromatic heterocycles. The van der Waals surface area contributed by atoms with Crippen molar-refractivity contribution in [3.63, 3.8) is 0 Å². The molecule has 0 bridgehead atoms. The Morgan fingerprint density at radius 1 is 1.25 bits per heavy atom. The van der Waals surface area contributed by atoms with Gasteiger partial charge in [-0.05, 0) is 30.7 Å². The summed E-state index contributed by atoms with van der Waals surface area (Å²) in [5.74, 6) is 0. The molecule has 16 heavy (non-hydrogen) atoms. The van der Waals surface area contributed by atoms with Crippen LogP contribution in [-0.4, -0.2) is 6.54 Å². The minimum absolute atomic E-state index is 0.00713. The maximum absolute atomic E-state index is 12.5. The number of hydrogen-bond donors (Lipinski definition) is 1. The number of nitrogens with one attached hydrogen (secondary N) is 1. The normalized spacial score (nSPS) is 13.8. The van der Waals surface area contributed by atoms with Gasteiger partial charge in [0.15, 0.2) is 0 Å². The predicted molar refractivity (Wildman–Crippen MR) is 58.2 cm³/mol. The third-order valence-electron chi connectivity index (χ3n) is 2.48. The summed E-state index contributed by atoms with van der Waals surface area (Å²) in [5.41, 5.74) is 0.112. The van der Waals surface area contributed by atoms with Gasteiger partial charge in [0.2, 0.25) is 0 Å². The van der Waals surface area contributed by atoms with Crippen molar-refractivity contribution in [2.45, 2.75) is 32.5 Å². The van der Waals surface area contributed by atoms with Crippen molar-refractivity contribution in [3.05, 3.63) is 35.4 Å². The highest BCUT2D eigenvalue weighted by atomic mass is 19.4. The number of hydrogen-bond acceptors (Lipinski definition) is 1. The standard InChI is InChI=1S/C12H16F3N/c1-3-11(16-4-2)9-6-5-7-10(8-9)12(13,14)15/h5-8,11,16H,3-4H2,1-2H3. The second kappa shape index (κ2) is 5.34. The maximum Gasteiger partial charge on any atom is 0.416 e. The highest BCUT2D eigenvalue weighted by molar-refractivity contribution is 5.27. The van der Waals surface area contributed by atoms with Crippen molar-refractivity contribution in [2.24, 2.45) is 0 Å². The first-order valence-electron chi connectivity index (χ1n) is 5.39. The molecule has 0 saturated carbocycles. The van der Waals surface area contributed by atoms with E-state index in [1.54, 1.807) is 6.07 Å². The average Bonchev–Trinajstić information content (AvgIpc) is 2.25. The van der Waals surface area contributed by atoms with Crippen LogP contribution in [0.4, 0.5) is 13.2 Å². The first-order chi connectivity index (χ1) is 7.49. The molecule has 1 nitrogen and oxygen atoms in total. The molecule has 4 heteroatoms. The van der Waals surface area contributed by atoms with Gasteiger partial charge in [-0.15, -0.1) is 0 Å². The highest BCUT2D eigenvalue weighted by Gasteiger charge is 2.30. The van der Waals surface area contributed by atoms with Crippen molar-refractivity contribution >= 4 is 0 Å². The predicted octanol–water partition coefficient (Wildman–Crippen LogP) is 3.77. The van der Waals surface area contributed by atoms with E-state index in [1.165, 1.54) is 12.1 Å². The van der Waals surface area contributed by atoms with Crippen LogP contribution in [0.5, 0.6) is 0 Å². The van der Waals surface area contributed by atoms with Crippen LogP contribution in [0, 0.1) is 0 Å². The molecule has 0 spiro atoms. The molecular formula is C12H16F3N. The fourth-order valence-corrected chi connectivity index (χ4v) is 1.68. The summed E-state index contributed by atoms with van der Waals surface area (Å²) in [4.78, 5) is 0. The Labute approximate surface area is 93.7 Å².